The zero-order valence-corrected chi connectivity index (χ0v) is 18.2. The molecule has 1 aromatic heterocycles. The molecule has 3 rings (SSSR count). The van der Waals surface area contributed by atoms with Crippen molar-refractivity contribution in [2.24, 2.45) is 5.92 Å². The van der Waals surface area contributed by atoms with Crippen molar-refractivity contribution in [1.82, 2.24) is 9.88 Å². The van der Waals surface area contributed by atoms with Gasteiger partial charge in [-0.2, -0.15) is 0 Å². The number of nitrogens with zero attached hydrogens (tertiary/aromatic N) is 2. The molecule has 0 aliphatic carbocycles. The van der Waals surface area contributed by atoms with Crippen LogP contribution >= 0.6 is 15.9 Å². The van der Waals surface area contributed by atoms with Gasteiger partial charge in [0.1, 0.15) is 11.6 Å². The third-order valence-electron chi connectivity index (χ3n) is 5.08. The van der Waals surface area contributed by atoms with Gasteiger partial charge in [-0.1, -0.05) is 18.2 Å². The third kappa shape index (κ3) is 6.29. The molecule has 0 saturated carbocycles. The van der Waals surface area contributed by atoms with Crippen LogP contribution in [-0.2, 0) is 9.59 Å². The summed E-state index contributed by atoms with van der Waals surface area (Å²) < 4.78 is 6.62. The van der Waals surface area contributed by atoms with E-state index in [1.807, 2.05) is 42.2 Å². The maximum absolute atomic E-state index is 12.4. The summed E-state index contributed by atoms with van der Waals surface area (Å²) in [5, 5.41) is 2.85. The van der Waals surface area contributed by atoms with Crippen molar-refractivity contribution >= 4 is 33.6 Å². The second-order valence-corrected chi connectivity index (χ2v) is 8.14. The van der Waals surface area contributed by atoms with E-state index in [4.69, 9.17) is 4.74 Å². The Morgan fingerprint density at radius 1 is 1.21 bits per heavy atom. The summed E-state index contributed by atoms with van der Waals surface area (Å²) >= 11 is 3.33. The number of para-hydroxylation sites is 1. The summed E-state index contributed by atoms with van der Waals surface area (Å²) in [6, 6.07) is 11.5. The SMILES string of the molecule is Cc1ccccc1OCCCC(=O)N1CCC(C(=O)Nc2ccc(Br)cn2)CC1. The molecule has 1 saturated heterocycles. The Hall–Kier alpha value is -2.41. The van der Waals surface area contributed by atoms with E-state index in [1.165, 1.54) is 0 Å². The van der Waals surface area contributed by atoms with Crippen molar-refractivity contribution < 1.29 is 14.3 Å². The summed E-state index contributed by atoms with van der Waals surface area (Å²) in [6.45, 7) is 3.76. The van der Waals surface area contributed by atoms with E-state index in [-0.39, 0.29) is 17.7 Å². The summed E-state index contributed by atoms with van der Waals surface area (Å²) in [6.07, 6.45) is 4.15. The Morgan fingerprint density at radius 2 is 1.97 bits per heavy atom. The number of aryl methyl sites for hydroxylation is 1. The van der Waals surface area contributed by atoms with Crippen LogP contribution in [0.5, 0.6) is 5.75 Å². The normalized spacial score (nSPS) is 14.5. The van der Waals surface area contributed by atoms with Crippen LogP contribution in [0.2, 0.25) is 0 Å². The van der Waals surface area contributed by atoms with Crippen molar-refractivity contribution in [3.63, 3.8) is 0 Å². The van der Waals surface area contributed by atoms with Gasteiger partial charge in [0, 0.05) is 36.1 Å². The van der Waals surface area contributed by atoms with Gasteiger partial charge < -0.3 is 15.0 Å². The molecule has 6 nitrogen and oxygen atoms in total. The molecule has 7 heteroatoms. The molecular formula is C22H26BrN3O3. The maximum Gasteiger partial charge on any atom is 0.228 e. The quantitative estimate of drug-likeness (QED) is 0.630. The molecule has 2 heterocycles. The molecule has 1 aromatic carbocycles. The van der Waals surface area contributed by atoms with E-state index in [1.54, 1.807) is 12.3 Å². The lowest BCUT2D eigenvalue weighted by Gasteiger charge is -2.31. The van der Waals surface area contributed by atoms with Crippen LogP contribution in [0, 0.1) is 12.8 Å². The van der Waals surface area contributed by atoms with Gasteiger partial charge in [0.05, 0.1) is 6.61 Å². The van der Waals surface area contributed by atoms with Gasteiger partial charge >= 0.3 is 0 Å². The van der Waals surface area contributed by atoms with Crippen LogP contribution in [0.25, 0.3) is 0 Å². The molecular weight excluding hydrogens is 434 g/mol. The number of anilines is 1. The smallest absolute Gasteiger partial charge is 0.228 e. The van der Waals surface area contributed by atoms with E-state index in [0.29, 0.717) is 51.2 Å². The van der Waals surface area contributed by atoms with Crippen molar-refractivity contribution in [3.8, 4) is 5.75 Å². The fraction of sp³-hybridized carbons (Fsp3) is 0.409. The maximum atomic E-state index is 12.4. The number of likely N-dealkylation sites (tertiary alicyclic amines) is 1. The first kappa shape index (κ1) is 21.3. The Balaban J connectivity index is 1.36. The van der Waals surface area contributed by atoms with E-state index in [9.17, 15) is 9.59 Å². The molecule has 0 spiro atoms. The Labute approximate surface area is 179 Å². The average molecular weight is 460 g/mol. The molecule has 0 bridgehead atoms. The van der Waals surface area contributed by atoms with Crippen LogP contribution in [0.1, 0.15) is 31.2 Å². The molecule has 1 N–H and O–H groups in total. The van der Waals surface area contributed by atoms with E-state index < -0.39 is 0 Å². The number of pyridine rings is 1. The average Bonchev–Trinajstić information content (AvgIpc) is 2.74. The Morgan fingerprint density at radius 3 is 2.66 bits per heavy atom. The van der Waals surface area contributed by atoms with Crippen LogP contribution < -0.4 is 10.1 Å². The van der Waals surface area contributed by atoms with Gasteiger partial charge in [-0.05, 0) is 65.9 Å². The fourth-order valence-electron chi connectivity index (χ4n) is 3.35. The van der Waals surface area contributed by atoms with Gasteiger partial charge in [-0.15, -0.1) is 0 Å². The highest BCUT2D eigenvalue weighted by Gasteiger charge is 2.27. The van der Waals surface area contributed by atoms with Crippen LogP contribution in [-0.4, -0.2) is 41.4 Å². The number of ether oxygens (including phenoxy) is 1. The summed E-state index contributed by atoms with van der Waals surface area (Å²) in [5.41, 5.74) is 1.09. The second-order valence-electron chi connectivity index (χ2n) is 7.22. The van der Waals surface area contributed by atoms with Crippen molar-refractivity contribution in [2.45, 2.75) is 32.6 Å². The molecule has 154 valence electrons. The van der Waals surface area contributed by atoms with Crippen LogP contribution in [0.15, 0.2) is 47.1 Å². The van der Waals surface area contributed by atoms with Crippen LogP contribution in [0.3, 0.4) is 0 Å². The molecule has 29 heavy (non-hydrogen) atoms. The van der Waals surface area contributed by atoms with E-state index in [0.717, 1.165) is 15.8 Å². The minimum Gasteiger partial charge on any atom is -0.493 e. The monoisotopic (exact) mass is 459 g/mol. The lowest BCUT2D eigenvalue weighted by atomic mass is 9.95. The number of benzene rings is 1. The zero-order valence-electron chi connectivity index (χ0n) is 16.6. The topological polar surface area (TPSA) is 71.5 Å². The lowest BCUT2D eigenvalue weighted by molar-refractivity contribution is -0.134. The number of carbonyl (C=O) groups is 2. The van der Waals surface area contributed by atoms with Crippen molar-refractivity contribution in [1.29, 1.82) is 0 Å². The largest absolute Gasteiger partial charge is 0.493 e. The molecule has 2 aromatic rings. The highest BCUT2D eigenvalue weighted by Crippen LogP contribution is 2.21. The van der Waals surface area contributed by atoms with E-state index >= 15 is 0 Å². The van der Waals surface area contributed by atoms with Gasteiger partial charge in [0.15, 0.2) is 0 Å². The third-order valence-corrected chi connectivity index (χ3v) is 5.55. The first-order valence-corrected chi connectivity index (χ1v) is 10.7. The Kier molecular flexibility index (Phi) is 7.63. The number of amides is 2. The number of nitrogens with one attached hydrogen (secondary N) is 1. The summed E-state index contributed by atoms with van der Waals surface area (Å²) in [7, 11) is 0. The predicted octanol–water partition coefficient (Wildman–Crippen LogP) is 4.19. The molecule has 0 unspecified atom stereocenters. The number of carbonyl (C=O) groups excluding carboxylic acids is 2. The summed E-state index contributed by atoms with van der Waals surface area (Å²) in [5.74, 6) is 1.43. The highest BCUT2D eigenvalue weighted by molar-refractivity contribution is 9.10. The van der Waals surface area contributed by atoms with Crippen molar-refractivity contribution in [2.75, 3.05) is 25.0 Å². The number of aromatic nitrogens is 1. The lowest BCUT2D eigenvalue weighted by Crippen LogP contribution is -2.41. The molecule has 2 amide bonds. The second kappa shape index (κ2) is 10.4. The van der Waals surface area contributed by atoms with Gasteiger partial charge in [0.25, 0.3) is 0 Å². The minimum atomic E-state index is -0.0890. The minimum absolute atomic E-state index is 0.0291. The van der Waals surface area contributed by atoms with Crippen LogP contribution in [0.4, 0.5) is 5.82 Å². The first-order valence-electron chi connectivity index (χ1n) is 9.91. The predicted molar refractivity (Wildman–Crippen MR) is 116 cm³/mol. The number of hydrogen-bond acceptors (Lipinski definition) is 4. The molecule has 1 aliphatic rings. The highest BCUT2D eigenvalue weighted by atomic mass is 79.9. The van der Waals surface area contributed by atoms with Crippen molar-refractivity contribution in [3.05, 3.63) is 52.6 Å². The number of hydrogen-bond donors (Lipinski definition) is 1. The fourth-order valence-corrected chi connectivity index (χ4v) is 3.59. The van der Waals surface area contributed by atoms with E-state index in [2.05, 4.69) is 26.2 Å². The molecule has 0 atom stereocenters. The molecule has 0 radical (unpaired) electrons. The van der Waals surface area contributed by atoms with Gasteiger partial charge in [-0.3, -0.25) is 9.59 Å². The van der Waals surface area contributed by atoms with Gasteiger partial charge in [0.2, 0.25) is 11.8 Å². The molecule has 1 aliphatic heterocycles. The number of rotatable bonds is 7. The summed E-state index contributed by atoms with van der Waals surface area (Å²) in [4.78, 5) is 30.9. The molecule has 1 fully saturated rings. The number of halogens is 1. The first-order chi connectivity index (χ1) is 14.0. The standard InChI is InChI=1S/C22H26BrN3O3/c1-16-5-2-3-6-19(16)29-14-4-7-21(27)26-12-10-17(11-13-26)22(28)25-20-9-8-18(23)15-24-20/h2-3,5-6,8-9,15,17H,4,7,10-14H2,1H3,(H,24,25,28). The number of piperidine rings is 1. The Bertz CT molecular complexity index is 833. The van der Waals surface area contributed by atoms with Gasteiger partial charge in [-0.25, -0.2) is 4.98 Å². The zero-order chi connectivity index (χ0) is 20.6.